The van der Waals surface area contributed by atoms with Crippen LogP contribution in [0.4, 0.5) is 0 Å². The van der Waals surface area contributed by atoms with E-state index in [2.05, 4.69) is 26.4 Å². The van der Waals surface area contributed by atoms with Crippen molar-refractivity contribution < 1.29 is 15.1 Å². The highest BCUT2D eigenvalue weighted by Gasteiger charge is 2.32. The molecule has 1 aliphatic rings. The van der Waals surface area contributed by atoms with Crippen LogP contribution in [0.2, 0.25) is 0 Å². The Hall–Kier alpha value is -1.76. The van der Waals surface area contributed by atoms with Crippen molar-refractivity contribution in [2.45, 2.75) is 25.3 Å². The van der Waals surface area contributed by atoms with E-state index in [0.29, 0.717) is 4.47 Å². The lowest BCUT2D eigenvalue weighted by molar-refractivity contribution is 0.0930. The number of oxime groups is 1. The summed E-state index contributed by atoms with van der Waals surface area (Å²) in [6, 6.07) is 4.48. The number of nitrogens with one attached hydrogen (secondary N) is 1. The zero-order valence-electron chi connectivity index (χ0n) is 10.7. The molecule has 0 aromatic heterocycles. The Balaban J connectivity index is 2.13. The molecule has 1 fully saturated rings. The largest absolute Gasteiger partial charge is 0.507 e. The van der Waals surface area contributed by atoms with Crippen molar-refractivity contribution >= 4 is 27.7 Å². The van der Waals surface area contributed by atoms with Crippen LogP contribution in [0.5, 0.6) is 5.75 Å². The smallest absolute Gasteiger partial charge is 0.255 e. The highest BCUT2D eigenvalue weighted by atomic mass is 79.9. The van der Waals surface area contributed by atoms with Crippen molar-refractivity contribution in [1.82, 2.24) is 5.32 Å². The average molecular weight is 342 g/mol. The second-order valence-electron chi connectivity index (χ2n) is 4.80. The summed E-state index contributed by atoms with van der Waals surface area (Å²) in [4.78, 5) is 12.2. The van der Waals surface area contributed by atoms with Crippen LogP contribution in [0.25, 0.3) is 0 Å². The van der Waals surface area contributed by atoms with Crippen LogP contribution in [0.3, 0.4) is 0 Å². The fourth-order valence-electron chi connectivity index (χ4n) is 2.50. The number of carbonyl (C=O) groups is 1. The van der Waals surface area contributed by atoms with Crippen molar-refractivity contribution in [2.75, 3.05) is 0 Å². The van der Waals surface area contributed by atoms with Crippen LogP contribution in [-0.2, 0) is 0 Å². The van der Waals surface area contributed by atoms with Gasteiger partial charge >= 0.3 is 0 Å². The number of carbonyl (C=O) groups excluding carboxylic acids is 1. The van der Waals surface area contributed by atoms with Crippen LogP contribution < -0.4 is 11.1 Å². The molecule has 2 unspecified atom stereocenters. The van der Waals surface area contributed by atoms with E-state index < -0.39 is 0 Å². The molecule has 1 aromatic rings. The minimum Gasteiger partial charge on any atom is -0.507 e. The van der Waals surface area contributed by atoms with Gasteiger partial charge in [-0.15, -0.1) is 0 Å². The highest BCUT2D eigenvalue weighted by molar-refractivity contribution is 9.10. The second kappa shape index (κ2) is 6.13. The molecule has 0 aliphatic heterocycles. The number of hydrogen-bond donors (Lipinski definition) is 4. The lowest BCUT2D eigenvalue weighted by Crippen LogP contribution is -2.42. The minimum absolute atomic E-state index is 0.0796. The molecule has 2 atom stereocenters. The van der Waals surface area contributed by atoms with E-state index in [1.54, 1.807) is 12.1 Å². The van der Waals surface area contributed by atoms with Gasteiger partial charge in [-0.3, -0.25) is 4.79 Å². The molecule has 0 bridgehead atoms. The van der Waals surface area contributed by atoms with Gasteiger partial charge < -0.3 is 21.4 Å². The summed E-state index contributed by atoms with van der Waals surface area (Å²) in [5.41, 5.74) is 5.83. The summed E-state index contributed by atoms with van der Waals surface area (Å²) < 4.78 is 0.708. The summed E-state index contributed by atoms with van der Waals surface area (Å²) in [6.07, 6.45) is 2.43. The first-order chi connectivity index (χ1) is 9.52. The van der Waals surface area contributed by atoms with Gasteiger partial charge in [0.1, 0.15) is 11.6 Å². The summed E-state index contributed by atoms with van der Waals surface area (Å²) >= 11 is 3.26. The maximum absolute atomic E-state index is 12.2. The first-order valence-electron chi connectivity index (χ1n) is 6.29. The van der Waals surface area contributed by atoms with Gasteiger partial charge in [-0.25, -0.2) is 0 Å². The van der Waals surface area contributed by atoms with Gasteiger partial charge in [0.15, 0.2) is 0 Å². The molecule has 20 heavy (non-hydrogen) atoms. The number of nitrogens with zero attached hydrogens (tertiary/aromatic N) is 1. The first-order valence-corrected chi connectivity index (χ1v) is 7.09. The lowest BCUT2D eigenvalue weighted by Gasteiger charge is -2.20. The van der Waals surface area contributed by atoms with Gasteiger partial charge in [0.25, 0.3) is 5.91 Å². The molecule has 1 saturated carbocycles. The Morgan fingerprint density at radius 1 is 1.45 bits per heavy atom. The molecule has 5 N–H and O–H groups in total. The number of benzene rings is 1. The van der Waals surface area contributed by atoms with E-state index >= 15 is 0 Å². The summed E-state index contributed by atoms with van der Waals surface area (Å²) in [5.74, 6) is -0.486. The quantitative estimate of drug-likeness (QED) is 0.291. The molecule has 0 radical (unpaired) electrons. The number of phenols is 1. The Kier molecular flexibility index (Phi) is 4.49. The van der Waals surface area contributed by atoms with E-state index in [0.717, 1.165) is 19.3 Å². The van der Waals surface area contributed by atoms with E-state index in [1.165, 1.54) is 6.07 Å². The van der Waals surface area contributed by atoms with Crippen molar-refractivity contribution in [1.29, 1.82) is 0 Å². The molecular weight excluding hydrogens is 326 g/mol. The van der Waals surface area contributed by atoms with E-state index in [9.17, 15) is 9.90 Å². The molecule has 0 spiro atoms. The zero-order valence-corrected chi connectivity index (χ0v) is 12.3. The van der Waals surface area contributed by atoms with Gasteiger partial charge in [-0.1, -0.05) is 27.5 Å². The second-order valence-corrected chi connectivity index (χ2v) is 5.72. The Labute approximate surface area is 124 Å². The molecule has 1 amide bonds. The normalized spacial score (nSPS) is 22.8. The number of halogens is 1. The number of hydrogen-bond acceptors (Lipinski definition) is 4. The maximum atomic E-state index is 12.2. The van der Waals surface area contributed by atoms with Crippen molar-refractivity contribution in [3.63, 3.8) is 0 Å². The Bertz CT molecular complexity index is 548. The van der Waals surface area contributed by atoms with Crippen molar-refractivity contribution in [3.8, 4) is 5.75 Å². The maximum Gasteiger partial charge on any atom is 0.255 e. The molecule has 108 valence electrons. The number of amidine groups is 1. The Morgan fingerprint density at radius 3 is 2.90 bits per heavy atom. The predicted octanol–water partition coefficient (Wildman–Crippen LogP) is 1.80. The van der Waals surface area contributed by atoms with E-state index in [1.807, 2.05) is 0 Å². The molecular formula is C13H16BrN3O3. The number of aromatic hydroxyl groups is 1. The van der Waals surface area contributed by atoms with Gasteiger partial charge in [0, 0.05) is 16.4 Å². The van der Waals surface area contributed by atoms with E-state index in [-0.39, 0.29) is 35.0 Å². The van der Waals surface area contributed by atoms with E-state index in [4.69, 9.17) is 10.9 Å². The molecule has 0 heterocycles. The first kappa shape index (κ1) is 14.6. The molecule has 6 nitrogen and oxygen atoms in total. The number of rotatable bonds is 3. The van der Waals surface area contributed by atoms with Gasteiger partial charge in [-0.2, -0.15) is 0 Å². The van der Waals surface area contributed by atoms with Crippen molar-refractivity contribution in [3.05, 3.63) is 28.2 Å². The van der Waals surface area contributed by atoms with Crippen LogP contribution in [-0.4, -0.2) is 28.1 Å². The van der Waals surface area contributed by atoms with Crippen LogP contribution in [0, 0.1) is 5.92 Å². The zero-order chi connectivity index (χ0) is 14.7. The van der Waals surface area contributed by atoms with Crippen LogP contribution in [0.1, 0.15) is 29.6 Å². The molecule has 2 rings (SSSR count). The van der Waals surface area contributed by atoms with Gasteiger partial charge in [-0.05, 0) is 31.0 Å². The number of amides is 1. The summed E-state index contributed by atoms with van der Waals surface area (Å²) in [7, 11) is 0. The molecule has 1 aliphatic carbocycles. The third-order valence-corrected chi connectivity index (χ3v) is 4.02. The van der Waals surface area contributed by atoms with Gasteiger partial charge in [0.2, 0.25) is 0 Å². The predicted molar refractivity (Wildman–Crippen MR) is 77.8 cm³/mol. The monoisotopic (exact) mass is 341 g/mol. The number of nitrogens with two attached hydrogens (primary N) is 1. The molecule has 0 saturated heterocycles. The van der Waals surface area contributed by atoms with Crippen LogP contribution >= 0.6 is 15.9 Å². The minimum atomic E-state index is -0.369. The SMILES string of the molecule is N/C(=N/O)C1CCCC1NC(=O)c1cc(Br)ccc1O. The standard InChI is InChI=1S/C13H16BrN3O3/c14-7-4-5-11(18)9(6-7)13(19)16-10-3-1-2-8(10)12(15)17-20/h4-6,8,10,18,20H,1-3H2,(H2,15,17)(H,16,19). The summed E-state index contributed by atoms with van der Waals surface area (Å²) in [5, 5.41) is 24.3. The van der Waals surface area contributed by atoms with Crippen molar-refractivity contribution in [2.24, 2.45) is 16.8 Å². The fourth-order valence-corrected chi connectivity index (χ4v) is 2.86. The average Bonchev–Trinajstić information content (AvgIpc) is 2.88. The lowest BCUT2D eigenvalue weighted by atomic mass is 10.0. The molecule has 1 aromatic carbocycles. The summed E-state index contributed by atoms with van der Waals surface area (Å²) in [6.45, 7) is 0. The third-order valence-electron chi connectivity index (χ3n) is 3.53. The Morgan fingerprint density at radius 2 is 2.20 bits per heavy atom. The molecule has 7 heteroatoms. The fraction of sp³-hybridized carbons (Fsp3) is 0.385. The topological polar surface area (TPSA) is 108 Å². The number of phenolic OH excluding ortho intramolecular Hbond substituents is 1. The highest BCUT2D eigenvalue weighted by Crippen LogP contribution is 2.27. The third kappa shape index (κ3) is 3.04. The van der Waals surface area contributed by atoms with Crippen LogP contribution in [0.15, 0.2) is 27.8 Å². The van der Waals surface area contributed by atoms with Gasteiger partial charge in [0.05, 0.1) is 5.56 Å².